The molecule has 94 valence electrons. The van der Waals surface area contributed by atoms with Crippen molar-refractivity contribution in [2.75, 3.05) is 17.7 Å². The van der Waals surface area contributed by atoms with Gasteiger partial charge in [0, 0.05) is 19.4 Å². The number of hydrogen-bond acceptors (Lipinski definition) is 4. The number of amides is 1. The molecular weight excluding hydrogens is 254 g/mol. The molecule has 1 aromatic carbocycles. The van der Waals surface area contributed by atoms with Gasteiger partial charge in [0.2, 0.25) is 5.91 Å². The maximum absolute atomic E-state index is 11.0. The zero-order valence-electron chi connectivity index (χ0n) is 9.91. The van der Waals surface area contributed by atoms with Crippen molar-refractivity contribution in [2.45, 2.75) is 6.92 Å². The summed E-state index contributed by atoms with van der Waals surface area (Å²) in [7, 11) is 1.71. The fourth-order valence-electron chi connectivity index (χ4n) is 1.65. The van der Waals surface area contributed by atoms with Crippen LogP contribution in [0.5, 0.6) is 5.75 Å². The Balaban J connectivity index is 2.68. The first-order chi connectivity index (χ1) is 8.52. The van der Waals surface area contributed by atoms with Crippen molar-refractivity contribution < 1.29 is 9.90 Å². The molecule has 1 aromatic heterocycles. The predicted octanol–water partition coefficient (Wildman–Crippen LogP) is 2.59. The molecule has 2 rings (SSSR count). The number of pyridine rings is 1. The highest BCUT2D eigenvalue weighted by atomic mass is 35.5. The molecule has 2 aromatic rings. The van der Waals surface area contributed by atoms with Gasteiger partial charge >= 0.3 is 0 Å². The van der Waals surface area contributed by atoms with E-state index in [9.17, 15) is 9.90 Å². The Morgan fingerprint density at radius 3 is 2.78 bits per heavy atom. The van der Waals surface area contributed by atoms with Gasteiger partial charge in [-0.2, -0.15) is 0 Å². The highest BCUT2D eigenvalue weighted by Gasteiger charge is 2.12. The van der Waals surface area contributed by atoms with Gasteiger partial charge in [-0.1, -0.05) is 11.6 Å². The molecule has 0 fully saturated rings. The smallest absolute Gasteiger partial charge is 0.221 e. The normalized spacial score (nSPS) is 10.4. The lowest BCUT2D eigenvalue weighted by Crippen LogP contribution is -2.06. The van der Waals surface area contributed by atoms with E-state index in [1.807, 2.05) is 0 Å². The van der Waals surface area contributed by atoms with Crippen LogP contribution in [0.15, 0.2) is 18.2 Å². The Hall–Kier alpha value is -2.01. The summed E-state index contributed by atoms with van der Waals surface area (Å²) in [5, 5.41) is 16.6. The van der Waals surface area contributed by atoms with Crippen molar-refractivity contribution in [3.63, 3.8) is 0 Å². The minimum absolute atomic E-state index is 0.0956. The van der Waals surface area contributed by atoms with Gasteiger partial charge in [-0.3, -0.25) is 4.79 Å². The quantitative estimate of drug-likeness (QED) is 0.730. The van der Waals surface area contributed by atoms with Gasteiger partial charge in [-0.05, 0) is 18.2 Å². The molecule has 1 amide bonds. The van der Waals surface area contributed by atoms with Crippen molar-refractivity contribution >= 4 is 39.9 Å². The number of carbonyl (C=O) groups is 1. The van der Waals surface area contributed by atoms with Gasteiger partial charge < -0.3 is 15.7 Å². The number of nitrogens with zero attached hydrogens (tertiary/aromatic N) is 1. The molecule has 3 N–H and O–H groups in total. The molecule has 0 radical (unpaired) electrons. The fourth-order valence-corrected chi connectivity index (χ4v) is 1.91. The van der Waals surface area contributed by atoms with Gasteiger partial charge in [-0.25, -0.2) is 4.98 Å². The molecule has 0 aliphatic carbocycles. The summed E-state index contributed by atoms with van der Waals surface area (Å²) >= 11 is 6.09. The van der Waals surface area contributed by atoms with Crippen LogP contribution in [0.3, 0.4) is 0 Å². The summed E-state index contributed by atoms with van der Waals surface area (Å²) in [4.78, 5) is 15.2. The van der Waals surface area contributed by atoms with E-state index in [4.69, 9.17) is 11.6 Å². The molecule has 0 saturated carbocycles. The number of aromatic hydroxyl groups is 1. The fraction of sp³-hybridized carbons (Fsp3) is 0.167. The Bertz CT molecular complexity index is 628. The molecule has 5 nitrogen and oxygen atoms in total. The number of fused-ring (bicyclic) bond motifs is 1. The molecule has 0 unspecified atom stereocenters. The molecular formula is C12H12ClN3O2. The first-order valence-electron chi connectivity index (χ1n) is 5.30. The van der Waals surface area contributed by atoms with E-state index in [2.05, 4.69) is 15.6 Å². The van der Waals surface area contributed by atoms with Crippen LogP contribution in [0.4, 0.5) is 11.5 Å². The molecule has 0 aliphatic rings. The summed E-state index contributed by atoms with van der Waals surface area (Å²) < 4.78 is 0. The summed E-state index contributed by atoms with van der Waals surface area (Å²) in [5.41, 5.74) is 0.657. The first kappa shape index (κ1) is 12.4. The molecule has 6 heteroatoms. The van der Waals surface area contributed by atoms with Crippen LogP contribution in [0.25, 0.3) is 10.9 Å². The Kier molecular flexibility index (Phi) is 3.25. The maximum Gasteiger partial charge on any atom is 0.221 e. The number of phenols is 1. The van der Waals surface area contributed by atoms with Gasteiger partial charge in [0.1, 0.15) is 11.3 Å². The standard InChI is InChI=1S/C12H12ClN3O2/c1-6(17)15-9-4-3-7-8(13)5-10(14-2)16-11(7)12(9)18/h3-5,18H,1-2H3,(H,14,16)(H,15,17). The lowest BCUT2D eigenvalue weighted by atomic mass is 10.1. The second kappa shape index (κ2) is 4.70. The lowest BCUT2D eigenvalue weighted by Gasteiger charge is -2.10. The highest BCUT2D eigenvalue weighted by molar-refractivity contribution is 6.35. The summed E-state index contributed by atoms with van der Waals surface area (Å²) in [6.45, 7) is 1.37. The van der Waals surface area contributed by atoms with E-state index in [1.165, 1.54) is 6.92 Å². The number of benzene rings is 1. The summed E-state index contributed by atoms with van der Waals surface area (Å²) in [6.07, 6.45) is 0. The van der Waals surface area contributed by atoms with E-state index in [1.54, 1.807) is 25.2 Å². The van der Waals surface area contributed by atoms with Crippen molar-refractivity contribution in [2.24, 2.45) is 0 Å². The third kappa shape index (κ3) is 2.17. The minimum Gasteiger partial charge on any atom is -0.504 e. The summed E-state index contributed by atoms with van der Waals surface area (Å²) in [6, 6.07) is 4.96. The van der Waals surface area contributed by atoms with E-state index in [-0.39, 0.29) is 11.7 Å². The van der Waals surface area contributed by atoms with E-state index in [0.717, 1.165) is 0 Å². The van der Waals surface area contributed by atoms with Crippen molar-refractivity contribution in [1.29, 1.82) is 0 Å². The molecule has 18 heavy (non-hydrogen) atoms. The van der Waals surface area contributed by atoms with Crippen molar-refractivity contribution in [3.8, 4) is 5.75 Å². The number of halogens is 1. The molecule has 0 spiro atoms. The van der Waals surface area contributed by atoms with Gasteiger partial charge in [0.25, 0.3) is 0 Å². The van der Waals surface area contributed by atoms with Crippen LogP contribution >= 0.6 is 11.6 Å². The number of nitrogens with one attached hydrogen (secondary N) is 2. The third-order valence-electron chi connectivity index (χ3n) is 2.47. The second-order valence-electron chi connectivity index (χ2n) is 3.78. The van der Waals surface area contributed by atoms with Crippen LogP contribution in [0.2, 0.25) is 5.02 Å². The van der Waals surface area contributed by atoms with Gasteiger partial charge in [0.15, 0.2) is 5.75 Å². The largest absolute Gasteiger partial charge is 0.504 e. The molecule has 1 heterocycles. The number of anilines is 2. The number of carbonyl (C=O) groups excluding carboxylic acids is 1. The first-order valence-corrected chi connectivity index (χ1v) is 5.68. The van der Waals surface area contributed by atoms with Gasteiger partial charge in [0.05, 0.1) is 10.7 Å². The Labute approximate surface area is 109 Å². The molecule has 0 aliphatic heterocycles. The van der Waals surface area contributed by atoms with Crippen LogP contribution < -0.4 is 10.6 Å². The average molecular weight is 266 g/mol. The SMILES string of the molecule is CNc1cc(Cl)c2ccc(NC(C)=O)c(O)c2n1. The van der Waals surface area contributed by atoms with Crippen LogP contribution in [0.1, 0.15) is 6.92 Å². The maximum atomic E-state index is 11.0. The number of phenolic OH excluding ortho intramolecular Hbond substituents is 1. The molecule has 0 bridgehead atoms. The second-order valence-corrected chi connectivity index (χ2v) is 4.19. The number of aromatic nitrogens is 1. The summed E-state index contributed by atoms with van der Waals surface area (Å²) in [5.74, 6) is 0.185. The molecule has 0 atom stereocenters. The van der Waals surface area contributed by atoms with Crippen LogP contribution in [-0.2, 0) is 4.79 Å². The van der Waals surface area contributed by atoms with E-state index >= 15 is 0 Å². The Morgan fingerprint density at radius 2 is 2.17 bits per heavy atom. The number of hydrogen-bond donors (Lipinski definition) is 3. The highest BCUT2D eigenvalue weighted by Crippen LogP contribution is 2.35. The van der Waals surface area contributed by atoms with Crippen molar-refractivity contribution in [3.05, 3.63) is 23.2 Å². The van der Waals surface area contributed by atoms with Crippen LogP contribution in [-0.4, -0.2) is 23.0 Å². The van der Waals surface area contributed by atoms with E-state index < -0.39 is 0 Å². The zero-order valence-corrected chi connectivity index (χ0v) is 10.7. The average Bonchev–Trinajstić information content (AvgIpc) is 2.32. The molecule has 0 saturated heterocycles. The Morgan fingerprint density at radius 1 is 1.44 bits per heavy atom. The van der Waals surface area contributed by atoms with Crippen molar-refractivity contribution in [1.82, 2.24) is 4.98 Å². The predicted molar refractivity (Wildman–Crippen MR) is 72.3 cm³/mol. The van der Waals surface area contributed by atoms with Gasteiger partial charge in [-0.15, -0.1) is 0 Å². The number of rotatable bonds is 2. The lowest BCUT2D eigenvalue weighted by molar-refractivity contribution is -0.114. The topological polar surface area (TPSA) is 74.2 Å². The zero-order chi connectivity index (χ0) is 13.3. The third-order valence-corrected chi connectivity index (χ3v) is 2.78. The van der Waals surface area contributed by atoms with E-state index in [0.29, 0.717) is 27.4 Å². The monoisotopic (exact) mass is 265 g/mol. The van der Waals surface area contributed by atoms with Crippen LogP contribution in [0, 0.1) is 0 Å². The minimum atomic E-state index is -0.263.